The lowest BCUT2D eigenvalue weighted by Gasteiger charge is -2.24. The average molecular weight is 166 g/mol. The van der Waals surface area contributed by atoms with E-state index in [0.29, 0.717) is 0 Å². The predicted molar refractivity (Wildman–Crippen MR) is 47.0 cm³/mol. The fourth-order valence-electron chi connectivity index (χ4n) is 1.65. The minimum atomic E-state index is -0.153. The summed E-state index contributed by atoms with van der Waals surface area (Å²) in [7, 11) is 0. The lowest BCUT2D eigenvalue weighted by Crippen LogP contribution is -2.29. The number of amides is 1. The molecule has 1 N–H and O–H groups in total. The molecule has 0 aromatic heterocycles. The number of carbonyl (C=O) groups is 1. The van der Waals surface area contributed by atoms with Crippen LogP contribution in [0.5, 0.6) is 0 Å². The zero-order chi connectivity index (χ0) is 8.55. The van der Waals surface area contributed by atoms with Crippen molar-refractivity contribution in [1.29, 1.82) is 0 Å². The molecule has 0 aromatic rings. The highest BCUT2D eigenvalue weighted by atomic mass is 16.2. The third kappa shape index (κ3) is 1.36. The van der Waals surface area contributed by atoms with E-state index in [1.807, 2.05) is 6.92 Å². The van der Waals surface area contributed by atoms with Gasteiger partial charge in [0.1, 0.15) is 11.9 Å². The van der Waals surface area contributed by atoms with Gasteiger partial charge in [0.15, 0.2) is 0 Å². The Hall–Kier alpha value is -0.860. The zero-order valence-corrected chi connectivity index (χ0v) is 7.34. The number of aliphatic imine (C=N–C) groups is 1. The van der Waals surface area contributed by atoms with Crippen LogP contribution in [-0.2, 0) is 4.79 Å². The molecule has 0 saturated heterocycles. The largest absolute Gasteiger partial charge is 0.313 e. The maximum Gasteiger partial charge on any atom is 0.249 e. The molecule has 0 bridgehead atoms. The van der Waals surface area contributed by atoms with Crippen LogP contribution in [0.25, 0.3) is 0 Å². The molecule has 0 radical (unpaired) electrons. The van der Waals surface area contributed by atoms with Crippen molar-refractivity contribution in [2.45, 2.75) is 38.6 Å². The molecule has 2 aliphatic rings. The number of nitrogens with zero attached hydrogens (tertiary/aromatic N) is 1. The average Bonchev–Trinajstić information content (AvgIpc) is 2.24. The van der Waals surface area contributed by atoms with Crippen LogP contribution in [0.15, 0.2) is 4.99 Å². The molecule has 1 aliphatic carbocycles. The molecule has 1 heterocycles. The Kier molecular flexibility index (Phi) is 1.87. The Morgan fingerprint density at radius 2 is 2.33 bits per heavy atom. The van der Waals surface area contributed by atoms with Crippen molar-refractivity contribution in [3.63, 3.8) is 0 Å². The van der Waals surface area contributed by atoms with E-state index in [4.69, 9.17) is 0 Å². The van der Waals surface area contributed by atoms with Gasteiger partial charge in [0.2, 0.25) is 5.91 Å². The fourth-order valence-corrected chi connectivity index (χ4v) is 1.65. The molecule has 2 rings (SSSR count). The Labute approximate surface area is 72.3 Å². The second kappa shape index (κ2) is 2.88. The summed E-state index contributed by atoms with van der Waals surface area (Å²) in [5, 5.41) is 2.81. The summed E-state index contributed by atoms with van der Waals surface area (Å²) in [5.41, 5.74) is 0. The lowest BCUT2D eigenvalue weighted by atomic mass is 9.83. The van der Waals surface area contributed by atoms with E-state index in [1.165, 1.54) is 19.3 Å². The minimum absolute atomic E-state index is 0.0596. The Morgan fingerprint density at radius 3 is 2.75 bits per heavy atom. The smallest absolute Gasteiger partial charge is 0.249 e. The van der Waals surface area contributed by atoms with Gasteiger partial charge in [0, 0.05) is 6.42 Å². The zero-order valence-electron chi connectivity index (χ0n) is 7.34. The van der Waals surface area contributed by atoms with Crippen LogP contribution in [-0.4, -0.2) is 17.8 Å². The molecule has 1 unspecified atom stereocenters. The molecule has 12 heavy (non-hydrogen) atoms. The van der Waals surface area contributed by atoms with Gasteiger partial charge in [0.05, 0.1) is 0 Å². The second-order valence-corrected chi connectivity index (χ2v) is 3.74. The molecule has 3 nitrogen and oxygen atoms in total. The molecule has 1 atom stereocenters. The fraction of sp³-hybridized carbons (Fsp3) is 0.778. The van der Waals surface area contributed by atoms with E-state index in [2.05, 4.69) is 10.3 Å². The van der Waals surface area contributed by atoms with E-state index >= 15 is 0 Å². The van der Waals surface area contributed by atoms with Gasteiger partial charge >= 0.3 is 0 Å². The number of amidine groups is 1. The van der Waals surface area contributed by atoms with E-state index in [9.17, 15) is 4.79 Å². The molecule has 1 amide bonds. The molecule has 3 heteroatoms. The topological polar surface area (TPSA) is 41.5 Å². The van der Waals surface area contributed by atoms with Crippen LogP contribution < -0.4 is 5.32 Å². The number of carbonyl (C=O) groups excluding carboxylic acids is 1. The highest BCUT2D eigenvalue weighted by Gasteiger charge is 2.26. The lowest BCUT2D eigenvalue weighted by molar-refractivity contribution is -0.119. The first-order chi connectivity index (χ1) is 5.75. The minimum Gasteiger partial charge on any atom is -0.313 e. The van der Waals surface area contributed by atoms with E-state index in [0.717, 1.165) is 18.2 Å². The van der Waals surface area contributed by atoms with Crippen LogP contribution >= 0.6 is 0 Å². The van der Waals surface area contributed by atoms with Gasteiger partial charge in [-0.1, -0.05) is 19.3 Å². The Balaban J connectivity index is 1.88. The van der Waals surface area contributed by atoms with Gasteiger partial charge in [-0.25, -0.2) is 0 Å². The molecule has 1 fully saturated rings. The number of hydrogen-bond donors (Lipinski definition) is 1. The SMILES string of the molecule is CC1N=C(CC2CCC2)NC1=O. The number of hydrogen-bond acceptors (Lipinski definition) is 2. The highest BCUT2D eigenvalue weighted by Crippen LogP contribution is 2.29. The van der Waals surface area contributed by atoms with Gasteiger partial charge in [-0.3, -0.25) is 9.79 Å². The molecular weight excluding hydrogens is 152 g/mol. The van der Waals surface area contributed by atoms with Crippen molar-refractivity contribution in [1.82, 2.24) is 5.32 Å². The van der Waals surface area contributed by atoms with Gasteiger partial charge in [-0.05, 0) is 12.8 Å². The molecule has 1 saturated carbocycles. The van der Waals surface area contributed by atoms with Crippen LogP contribution in [0, 0.1) is 5.92 Å². The summed E-state index contributed by atoms with van der Waals surface area (Å²) in [6, 6.07) is -0.153. The van der Waals surface area contributed by atoms with Crippen molar-refractivity contribution in [2.75, 3.05) is 0 Å². The van der Waals surface area contributed by atoms with Gasteiger partial charge in [-0.2, -0.15) is 0 Å². The summed E-state index contributed by atoms with van der Waals surface area (Å²) >= 11 is 0. The van der Waals surface area contributed by atoms with Crippen molar-refractivity contribution >= 4 is 11.7 Å². The first-order valence-electron chi connectivity index (χ1n) is 4.63. The van der Waals surface area contributed by atoms with Crippen molar-refractivity contribution in [3.05, 3.63) is 0 Å². The summed E-state index contributed by atoms with van der Waals surface area (Å²) in [6.07, 6.45) is 4.95. The molecule has 0 spiro atoms. The molecule has 66 valence electrons. The molecule has 1 aliphatic heterocycles. The van der Waals surface area contributed by atoms with Gasteiger partial charge in [-0.15, -0.1) is 0 Å². The van der Waals surface area contributed by atoms with Crippen molar-refractivity contribution < 1.29 is 4.79 Å². The van der Waals surface area contributed by atoms with E-state index < -0.39 is 0 Å². The summed E-state index contributed by atoms with van der Waals surface area (Å²) in [5.74, 6) is 1.76. The first-order valence-corrected chi connectivity index (χ1v) is 4.63. The van der Waals surface area contributed by atoms with E-state index in [1.54, 1.807) is 0 Å². The van der Waals surface area contributed by atoms with Crippen LogP contribution in [0.4, 0.5) is 0 Å². The normalized spacial score (nSPS) is 29.6. The van der Waals surface area contributed by atoms with Crippen LogP contribution in [0.3, 0.4) is 0 Å². The maximum absolute atomic E-state index is 11.0. The van der Waals surface area contributed by atoms with Crippen LogP contribution in [0.1, 0.15) is 32.6 Å². The van der Waals surface area contributed by atoms with Gasteiger partial charge in [0.25, 0.3) is 0 Å². The maximum atomic E-state index is 11.0. The predicted octanol–water partition coefficient (Wildman–Crippen LogP) is 1.09. The van der Waals surface area contributed by atoms with Crippen molar-refractivity contribution in [3.8, 4) is 0 Å². The quantitative estimate of drug-likeness (QED) is 0.655. The number of nitrogens with one attached hydrogen (secondary N) is 1. The third-order valence-electron chi connectivity index (χ3n) is 2.70. The number of rotatable bonds is 2. The third-order valence-corrected chi connectivity index (χ3v) is 2.70. The van der Waals surface area contributed by atoms with Gasteiger partial charge < -0.3 is 5.32 Å². The van der Waals surface area contributed by atoms with Crippen LogP contribution in [0.2, 0.25) is 0 Å². The van der Waals surface area contributed by atoms with E-state index in [-0.39, 0.29) is 11.9 Å². The Bertz CT molecular complexity index is 231. The Morgan fingerprint density at radius 1 is 1.58 bits per heavy atom. The second-order valence-electron chi connectivity index (χ2n) is 3.74. The molecular formula is C9H14N2O. The summed E-state index contributed by atoms with van der Waals surface area (Å²) < 4.78 is 0. The standard InChI is InChI=1S/C9H14N2O/c1-6-9(12)11-8(10-6)5-7-3-2-4-7/h6-7H,2-5H2,1H3,(H,10,11,12). The van der Waals surface area contributed by atoms with Crippen molar-refractivity contribution in [2.24, 2.45) is 10.9 Å². The highest BCUT2D eigenvalue weighted by molar-refractivity contribution is 6.05. The monoisotopic (exact) mass is 166 g/mol. The molecule has 0 aromatic carbocycles. The summed E-state index contributed by atoms with van der Waals surface area (Å²) in [4.78, 5) is 15.3. The summed E-state index contributed by atoms with van der Waals surface area (Å²) in [6.45, 7) is 1.84. The first kappa shape index (κ1) is 7.77.